The maximum absolute atomic E-state index is 11.2. The van der Waals surface area contributed by atoms with Crippen molar-refractivity contribution in [2.24, 2.45) is 4.99 Å². The first kappa shape index (κ1) is 23.0. The summed E-state index contributed by atoms with van der Waals surface area (Å²) in [7, 11) is 1.35. The molecular formula is C19H33BrN2O2. The lowest BCUT2D eigenvalue weighted by molar-refractivity contribution is -0.508. The molecule has 0 saturated heterocycles. The number of aliphatic imine (C=N–C) groups is 1. The fourth-order valence-electron chi connectivity index (χ4n) is 2.78. The molecule has 0 N–H and O–H groups in total. The predicted molar refractivity (Wildman–Crippen MR) is 96.9 cm³/mol. The summed E-state index contributed by atoms with van der Waals surface area (Å²) in [6.45, 7) is 3.99. The van der Waals surface area contributed by atoms with Crippen molar-refractivity contribution < 1.29 is 31.1 Å². The van der Waals surface area contributed by atoms with Gasteiger partial charge in [-0.25, -0.2) is 9.37 Å². The summed E-state index contributed by atoms with van der Waals surface area (Å²) < 4.78 is 6.78. The van der Waals surface area contributed by atoms with Gasteiger partial charge in [-0.1, -0.05) is 58.3 Å². The van der Waals surface area contributed by atoms with Gasteiger partial charge in [-0.15, -0.1) is 0 Å². The van der Waals surface area contributed by atoms with Crippen LogP contribution in [0, 0.1) is 0 Å². The highest BCUT2D eigenvalue weighted by molar-refractivity contribution is 6.04. The van der Waals surface area contributed by atoms with E-state index in [-0.39, 0.29) is 17.0 Å². The lowest BCUT2D eigenvalue weighted by atomic mass is 10.1. The standard InChI is InChI=1S/C19H33N2O2.BrH/c1-3-4-5-6-7-8-9-10-11-12-15-21-16-13-14-18(17-21)20-19(22)23-2;/h13-14,16H,3-12,15,17H2,1-2H3;1H/q+1;/p-1. The van der Waals surface area contributed by atoms with Crippen molar-refractivity contribution in [2.75, 3.05) is 20.2 Å². The Bertz CT molecular complexity index is 431. The number of carbonyl (C=O) groups excluding carboxylic acids is 1. The van der Waals surface area contributed by atoms with Crippen LogP contribution in [0.3, 0.4) is 0 Å². The fourth-order valence-corrected chi connectivity index (χ4v) is 2.78. The van der Waals surface area contributed by atoms with Crippen LogP contribution in [0.5, 0.6) is 0 Å². The number of carbonyl (C=O) groups is 1. The van der Waals surface area contributed by atoms with E-state index in [2.05, 4.69) is 27.4 Å². The molecule has 0 unspecified atom stereocenters. The molecule has 0 aliphatic carbocycles. The molecule has 1 heterocycles. The minimum atomic E-state index is -0.523. The first-order valence-corrected chi connectivity index (χ1v) is 9.17. The SMILES string of the molecule is CCCCCCCCCCCC[N+]1=CC=CC(=NC(=O)OC)C1.[Br-]. The van der Waals surface area contributed by atoms with Gasteiger partial charge in [0.25, 0.3) is 0 Å². The Morgan fingerprint density at radius 1 is 1.08 bits per heavy atom. The van der Waals surface area contributed by atoms with Gasteiger partial charge in [-0.3, -0.25) is 0 Å². The van der Waals surface area contributed by atoms with Crippen LogP contribution in [0.1, 0.15) is 71.1 Å². The van der Waals surface area contributed by atoms with Crippen molar-refractivity contribution in [2.45, 2.75) is 71.1 Å². The summed E-state index contributed by atoms with van der Waals surface area (Å²) in [6.07, 6.45) is 18.9. The average Bonchev–Trinajstić information content (AvgIpc) is 2.57. The van der Waals surface area contributed by atoms with Gasteiger partial charge in [0.1, 0.15) is 12.3 Å². The van der Waals surface area contributed by atoms with Crippen LogP contribution < -0.4 is 17.0 Å². The maximum Gasteiger partial charge on any atom is 0.433 e. The molecule has 0 aromatic heterocycles. The van der Waals surface area contributed by atoms with Crippen molar-refractivity contribution in [3.8, 4) is 0 Å². The summed E-state index contributed by atoms with van der Waals surface area (Å²) in [4.78, 5) is 15.1. The van der Waals surface area contributed by atoms with E-state index in [9.17, 15) is 4.79 Å². The number of halogens is 1. The van der Waals surface area contributed by atoms with Gasteiger partial charge < -0.3 is 21.7 Å². The van der Waals surface area contributed by atoms with Crippen molar-refractivity contribution >= 4 is 18.0 Å². The summed E-state index contributed by atoms with van der Waals surface area (Å²) >= 11 is 0. The molecule has 0 spiro atoms. The zero-order chi connectivity index (χ0) is 16.8. The lowest BCUT2D eigenvalue weighted by Crippen LogP contribution is -3.00. The van der Waals surface area contributed by atoms with E-state index in [0.717, 1.165) is 12.3 Å². The number of hydrogen-bond acceptors (Lipinski definition) is 2. The smallest absolute Gasteiger partial charge is 0.433 e. The largest absolute Gasteiger partial charge is 1.00 e. The van der Waals surface area contributed by atoms with Gasteiger partial charge in [0.2, 0.25) is 0 Å². The number of rotatable bonds is 11. The maximum atomic E-state index is 11.2. The summed E-state index contributed by atoms with van der Waals surface area (Å²) in [5.74, 6) is 0. The summed E-state index contributed by atoms with van der Waals surface area (Å²) in [5, 5.41) is 0. The number of methoxy groups -OCH3 is 1. The van der Waals surface area contributed by atoms with E-state index in [0.29, 0.717) is 6.54 Å². The first-order chi connectivity index (χ1) is 11.3. The third-order valence-electron chi connectivity index (χ3n) is 4.16. The Hall–Kier alpha value is -0.970. The van der Waals surface area contributed by atoms with Crippen molar-refractivity contribution in [3.05, 3.63) is 12.2 Å². The third-order valence-corrected chi connectivity index (χ3v) is 4.16. The van der Waals surface area contributed by atoms with E-state index < -0.39 is 6.09 Å². The molecule has 24 heavy (non-hydrogen) atoms. The molecule has 5 heteroatoms. The number of ether oxygens (including phenoxy) is 1. The topological polar surface area (TPSA) is 41.7 Å². The van der Waals surface area contributed by atoms with Crippen LogP contribution in [0.25, 0.3) is 0 Å². The van der Waals surface area contributed by atoms with Crippen LogP contribution in [0.15, 0.2) is 17.1 Å². The highest BCUT2D eigenvalue weighted by Crippen LogP contribution is 2.10. The Morgan fingerprint density at radius 3 is 2.25 bits per heavy atom. The number of allylic oxidation sites excluding steroid dienone is 1. The van der Waals surface area contributed by atoms with Crippen LogP contribution in [-0.2, 0) is 4.74 Å². The summed E-state index contributed by atoms with van der Waals surface area (Å²) in [6, 6.07) is 0. The van der Waals surface area contributed by atoms with Crippen molar-refractivity contribution in [1.29, 1.82) is 0 Å². The lowest BCUT2D eigenvalue weighted by Gasteiger charge is -2.07. The molecule has 0 radical (unpaired) electrons. The molecule has 4 nitrogen and oxygen atoms in total. The van der Waals surface area contributed by atoms with Gasteiger partial charge in [-0.2, -0.15) is 4.99 Å². The molecule has 0 saturated carbocycles. The zero-order valence-corrected chi connectivity index (χ0v) is 16.9. The second kappa shape index (κ2) is 15.6. The van der Waals surface area contributed by atoms with E-state index in [1.54, 1.807) is 0 Å². The highest BCUT2D eigenvalue weighted by atomic mass is 79.9. The van der Waals surface area contributed by atoms with E-state index in [1.807, 2.05) is 12.2 Å². The van der Waals surface area contributed by atoms with Crippen molar-refractivity contribution in [3.63, 3.8) is 0 Å². The minimum absolute atomic E-state index is 0. The molecule has 0 fully saturated rings. The second-order valence-electron chi connectivity index (χ2n) is 6.23. The molecule has 0 aromatic carbocycles. The van der Waals surface area contributed by atoms with E-state index in [1.165, 1.54) is 71.3 Å². The summed E-state index contributed by atoms with van der Waals surface area (Å²) in [5.41, 5.74) is 0.770. The van der Waals surface area contributed by atoms with Gasteiger partial charge >= 0.3 is 6.09 Å². The van der Waals surface area contributed by atoms with Gasteiger partial charge in [0, 0.05) is 12.5 Å². The fraction of sp³-hybridized carbons (Fsp3) is 0.737. The Morgan fingerprint density at radius 2 is 1.67 bits per heavy atom. The van der Waals surface area contributed by atoms with Crippen LogP contribution in [0.4, 0.5) is 4.79 Å². The average molecular weight is 401 g/mol. The molecule has 1 aliphatic rings. The molecule has 0 bridgehead atoms. The predicted octanol–water partition coefficient (Wildman–Crippen LogP) is 1.77. The number of hydrogen-bond donors (Lipinski definition) is 0. The Balaban J connectivity index is 0.00000529. The Labute approximate surface area is 157 Å². The number of unbranched alkanes of at least 4 members (excludes halogenated alkanes) is 9. The molecule has 0 atom stereocenters. The van der Waals surface area contributed by atoms with Crippen LogP contribution in [-0.4, -0.2) is 42.8 Å². The monoisotopic (exact) mass is 400 g/mol. The van der Waals surface area contributed by atoms with E-state index >= 15 is 0 Å². The zero-order valence-electron chi connectivity index (χ0n) is 15.3. The first-order valence-electron chi connectivity index (χ1n) is 9.17. The van der Waals surface area contributed by atoms with E-state index in [4.69, 9.17) is 0 Å². The van der Waals surface area contributed by atoms with Gasteiger partial charge in [-0.05, 0) is 12.5 Å². The molecule has 0 aromatic rings. The third kappa shape index (κ3) is 11.5. The minimum Gasteiger partial charge on any atom is -1.00 e. The molecule has 1 amide bonds. The number of amides is 1. The number of nitrogens with zero attached hydrogens (tertiary/aromatic N) is 2. The molecule has 1 aliphatic heterocycles. The van der Waals surface area contributed by atoms with Crippen LogP contribution in [0.2, 0.25) is 0 Å². The van der Waals surface area contributed by atoms with Crippen molar-refractivity contribution in [1.82, 2.24) is 0 Å². The molecule has 1 rings (SSSR count). The van der Waals surface area contributed by atoms with Gasteiger partial charge in [0.15, 0.2) is 12.8 Å². The van der Waals surface area contributed by atoms with Crippen LogP contribution >= 0.6 is 0 Å². The Kier molecular flexibility index (Phi) is 14.9. The second-order valence-corrected chi connectivity index (χ2v) is 6.23. The highest BCUT2D eigenvalue weighted by Gasteiger charge is 2.12. The quantitative estimate of drug-likeness (QED) is 0.391. The van der Waals surface area contributed by atoms with Gasteiger partial charge in [0.05, 0.1) is 7.11 Å². The molecule has 138 valence electrons. The molecular weight excluding hydrogens is 368 g/mol. The normalized spacial score (nSPS) is 15.1.